The van der Waals surface area contributed by atoms with Crippen LogP contribution in [0, 0.1) is 50.7 Å². The van der Waals surface area contributed by atoms with Crippen LogP contribution in [0.5, 0.6) is 0 Å². The van der Waals surface area contributed by atoms with Crippen LogP contribution >= 0.6 is 0 Å². The summed E-state index contributed by atoms with van der Waals surface area (Å²) in [7, 11) is 0. The van der Waals surface area contributed by atoms with Gasteiger partial charge in [0.1, 0.15) is 36.6 Å². The van der Waals surface area contributed by atoms with E-state index < -0.39 is 53.4 Å². The minimum absolute atomic E-state index is 0.000687. The summed E-state index contributed by atoms with van der Waals surface area (Å²) in [6.45, 7) is 18.9. The third-order valence-corrected chi connectivity index (χ3v) is 16.0. The van der Waals surface area contributed by atoms with Crippen molar-refractivity contribution in [2.24, 2.45) is 50.7 Å². The number of carbonyl (C=O) groups is 1. The molecule has 264 valence electrons. The second-order valence-electron chi connectivity index (χ2n) is 18.1. The molecule has 2 bridgehead atoms. The summed E-state index contributed by atoms with van der Waals surface area (Å²) in [5, 5.41) is 43.8. The van der Waals surface area contributed by atoms with Crippen molar-refractivity contribution in [1.29, 1.82) is 0 Å². The maximum Gasteiger partial charge on any atom is 0.302 e. The zero-order valence-corrected chi connectivity index (χ0v) is 29.1. The highest BCUT2D eigenvalue weighted by atomic mass is 16.8. The van der Waals surface area contributed by atoms with Gasteiger partial charge in [-0.1, -0.05) is 41.2 Å². The van der Waals surface area contributed by atoms with Crippen LogP contribution in [0.25, 0.3) is 0 Å². The van der Waals surface area contributed by atoms with Crippen molar-refractivity contribution in [3.63, 3.8) is 0 Å². The Morgan fingerprint density at radius 3 is 2.28 bits per heavy atom. The largest absolute Gasteiger partial charge is 0.462 e. The zero-order chi connectivity index (χ0) is 33.9. The quantitative estimate of drug-likeness (QED) is 0.201. The first-order valence-electron chi connectivity index (χ1n) is 18.1. The highest BCUT2D eigenvalue weighted by Crippen LogP contribution is 2.90. The smallest absolute Gasteiger partial charge is 0.302 e. The molecule has 5 aliphatic carbocycles. The first-order valence-corrected chi connectivity index (χ1v) is 18.1. The fraction of sp³-hybridized carbons (Fsp3) is 0.919. The first-order chi connectivity index (χ1) is 21.9. The molecule has 3 aliphatic heterocycles. The van der Waals surface area contributed by atoms with Crippen LogP contribution in [-0.2, 0) is 28.5 Å². The Hall–Kier alpha value is -1.11. The molecule has 0 unspecified atom stereocenters. The van der Waals surface area contributed by atoms with Gasteiger partial charge in [-0.05, 0) is 91.4 Å². The van der Waals surface area contributed by atoms with Crippen LogP contribution in [0.15, 0.2) is 12.2 Å². The number of aliphatic hydroxyl groups is 4. The molecule has 8 fully saturated rings. The van der Waals surface area contributed by atoms with Crippen LogP contribution in [0.1, 0.15) is 93.4 Å². The van der Waals surface area contributed by atoms with Gasteiger partial charge in [-0.2, -0.15) is 0 Å². The van der Waals surface area contributed by atoms with Gasteiger partial charge in [0, 0.05) is 23.7 Å². The molecule has 0 aromatic heterocycles. The minimum Gasteiger partial charge on any atom is -0.462 e. The topological polar surface area (TPSA) is 144 Å². The van der Waals surface area contributed by atoms with Crippen molar-refractivity contribution >= 4 is 5.97 Å². The molecule has 47 heavy (non-hydrogen) atoms. The molecule has 0 amide bonds. The van der Waals surface area contributed by atoms with Crippen LogP contribution in [0.2, 0.25) is 0 Å². The molecule has 4 N–H and O–H groups in total. The second-order valence-corrected chi connectivity index (χ2v) is 18.1. The van der Waals surface area contributed by atoms with Gasteiger partial charge in [0.15, 0.2) is 12.1 Å². The summed E-state index contributed by atoms with van der Waals surface area (Å²) >= 11 is 0. The average molecular weight is 661 g/mol. The Morgan fingerprint density at radius 1 is 0.894 bits per heavy atom. The van der Waals surface area contributed by atoms with Crippen LogP contribution in [0.4, 0.5) is 0 Å². The van der Waals surface area contributed by atoms with E-state index >= 15 is 0 Å². The highest BCUT2D eigenvalue weighted by Gasteiger charge is 2.90. The van der Waals surface area contributed by atoms with Crippen molar-refractivity contribution in [2.75, 3.05) is 6.61 Å². The van der Waals surface area contributed by atoms with Gasteiger partial charge in [0.25, 0.3) is 0 Å². The summed E-state index contributed by atoms with van der Waals surface area (Å²) in [5.74, 6) is -0.937. The molecule has 5 saturated carbocycles. The Kier molecular flexibility index (Phi) is 7.05. The molecular formula is C37H56O10. The van der Waals surface area contributed by atoms with Crippen molar-refractivity contribution in [3.05, 3.63) is 12.2 Å². The Bertz CT molecular complexity index is 1350. The molecule has 0 radical (unpaired) electrons. The third kappa shape index (κ3) is 3.78. The number of esters is 1. The van der Waals surface area contributed by atoms with E-state index in [4.69, 9.17) is 23.7 Å². The molecule has 0 aromatic rings. The van der Waals surface area contributed by atoms with Crippen molar-refractivity contribution < 1.29 is 48.9 Å². The van der Waals surface area contributed by atoms with E-state index in [1.807, 2.05) is 6.92 Å². The lowest BCUT2D eigenvalue weighted by Gasteiger charge is -2.65. The molecule has 0 aromatic carbocycles. The molecule has 18 atom stereocenters. The summed E-state index contributed by atoms with van der Waals surface area (Å²) in [6, 6.07) is 0. The van der Waals surface area contributed by atoms with E-state index in [1.54, 1.807) is 0 Å². The van der Waals surface area contributed by atoms with E-state index in [2.05, 4.69) is 41.2 Å². The molecule has 3 saturated heterocycles. The SMILES string of the molecule is C=C(C)[C@@H]1O[C@]23O[C@@H]1C[C@@H](C)[C@@H]2[C@@]1(C)[C@H](OC(C)=O)C[C@@]24C[C@@]25CC[C@H](O[C@@H]2OC[C@@H](O)[C@H](O)[C@H]2O)C(C)(C)[C@@H]5CC[C@H]4[C@]1(C)[C@H]3O. The Morgan fingerprint density at radius 2 is 1.60 bits per heavy atom. The average Bonchev–Trinajstić information content (AvgIpc) is 3.49. The number of carbonyl (C=O) groups excluding carboxylic acids is 1. The highest BCUT2D eigenvalue weighted by molar-refractivity contribution is 5.66. The first kappa shape index (κ1) is 33.1. The number of hydrogen-bond acceptors (Lipinski definition) is 10. The second kappa shape index (κ2) is 10.0. The lowest BCUT2D eigenvalue weighted by Crippen LogP contribution is -2.65. The standard InChI is InChI=1S/C37H56O10/c1-17(2)28-21-13-18(3)29-34(8)25(44-19(4)38)14-36-16-35(36)12-11-24(45-30-27(41)26(40)20(39)15-43-30)32(5,6)22(35)9-10-23(36)33(34,7)31(42)37(29,46-21)47-28/h18,20-31,39-42H,1,9-16H2,2-8H3/t18-,20-,21-,22+,23+,24+,25-,26+,27-,28+,29-,30+,31-,33-,34-,35-,36+,37-/m1/s1. The Labute approximate surface area is 278 Å². The van der Waals surface area contributed by atoms with Crippen LogP contribution < -0.4 is 0 Å². The van der Waals surface area contributed by atoms with Gasteiger partial charge in [0.2, 0.25) is 0 Å². The van der Waals surface area contributed by atoms with Gasteiger partial charge in [-0.3, -0.25) is 4.79 Å². The van der Waals surface area contributed by atoms with E-state index in [-0.39, 0.29) is 64.9 Å². The maximum absolute atomic E-state index is 12.9. The molecule has 10 heteroatoms. The predicted molar refractivity (Wildman–Crippen MR) is 168 cm³/mol. The number of aliphatic hydroxyl groups excluding tert-OH is 4. The van der Waals surface area contributed by atoms with Crippen LogP contribution in [0.3, 0.4) is 0 Å². The van der Waals surface area contributed by atoms with E-state index in [9.17, 15) is 25.2 Å². The van der Waals surface area contributed by atoms with Crippen LogP contribution in [-0.4, -0.2) is 93.9 Å². The van der Waals surface area contributed by atoms with Gasteiger partial charge in [-0.25, -0.2) is 0 Å². The normalized spacial score (nSPS) is 59.9. The monoisotopic (exact) mass is 660 g/mol. The Balaban J connectivity index is 1.16. The fourth-order valence-corrected chi connectivity index (χ4v) is 14.1. The van der Waals surface area contributed by atoms with Crippen molar-refractivity contribution in [1.82, 2.24) is 0 Å². The lowest BCUT2D eigenvalue weighted by atomic mass is 9.40. The maximum atomic E-state index is 12.9. The molecule has 10 nitrogen and oxygen atoms in total. The van der Waals surface area contributed by atoms with E-state index in [1.165, 1.54) is 6.92 Å². The van der Waals surface area contributed by atoms with Gasteiger partial charge in [-0.15, -0.1) is 0 Å². The lowest BCUT2D eigenvalue weighted by molar-refractivity contribution is -0.304. The molecule has 8 rings (SSSR count). The minimum atomic E-state index is -1.33. The summed E-state index contributed by atoms with van der Waals surface area (Å²) < 4.78 is 32.3. The summed E-state index contributed by atoms with van der Waals surface area (Å²) in [4.78, 5) is 12.9. The zero-order valence-electron chi connectivity index (χ0n) is 29.1. The summed E-state index contributed by atoms with van der Waals surface area (Å²) in [6.07, 6.45) is -0.572. The predicted octanol–water partition coefficient (Wildman–Crippen LogP) is 3.47. The molecule has 3 heterocycles. The van der Waals surface area contributed by atoms with Gasteiger partial charge >= 0.3 is 5.97 Å². The molecule has 8 aliphatic rings. The number of ether oxygens (including phenoxy) is 5. The van der Waals surface area contributed by atoms with E-state index in [0.29, 0.717) is 5.92 Å². The molecular weight excluding hydrogens is 604 g/mol. The summed E-state index contributed by atoms with van der Waals surface area (Å²) in [5.41, 5.74) is -0.690. The van der Waals surface area contributed by atoms with E-state index in [0.717, 1.165) is 50.5 Å². The fourth-order valence-electron chi connectivity index (χ4n) is 14.1. The molecule has 3 spiro atoms. The number of hydrogen-bond donors (Lipinski definition) is 4. The third-order valence-electron chi connectivity index (χ3n) is 16.0. The number of rotatable bonds is 4. The van der Waals surface area contributed by atoms with Crippen molar-refractivity contribution in [3.8, 4) is 0 Å². The van der Waals surface area contributed by atoms with Gasteiger partial charge in [0.05, 0.1) is 18.8 Å². The van der Waals surface area contributed by atoms with Gasteiger partial charge < -0.3 is 44.1 Å². The van der Waals surface area contributed by atoms with Crippen molar-refractivity contribution in [2.45, 2.75) is 154 Å². The number of fused-ring (bicyclic) bond motifs is 4.